The van der Waals surface area contributed by atoms with Crippen LogP contribution in [0, 0.1) is 0 Å². The Bertz CT molecular complexity index is 1760. The van der Waals surface area contributed by atoms with Crippen LogP contribution in [0.3, 0.4) is 0 Å². The van der Waals surface area contributed by atoms with Crippen molar-refractivity contribution in [3.8, 4) is 0 Å². The lowest BCUT2D eigenvalue weighted by molar-refractivity contribution is -0.681. The number of aromatic carboxylic acids is 1. The normalized spacial score (nSPS) is 20.3. The number of pyridine rings is 1. The van der Waals surface area contributed by atoms with Crippen molar-refractivity contribution < 1.29 is 19.7 Å². The number of aromatic nitrogens is 1. The number of benzene rings is 4. The molecule has 2 aliphatic rings. The topological polar surface area (TPSA) is 76.6 Å². The molecule has 2 aliphatic carbocycles. The fraction of sp³-hybridized carbons (Fsp3) is 0.162. The van der Waals surface area contributed by atoms with Crippen LogP contribution in [-0.2, 0) is 0 Å². The molecule has 1 heterocycles. The predicted molar refractivity (Wildman–Crippen MR) is 172 cm³/mol. The maximum Gasteiger partial charge on any atom is 0.335 e. The molecule has 7 rings (SSSR count). The van der Waals surface area contributed by atoms with Gasteiger partial charge in [0.25, 0.3) is 0 Å². The summed E-state index contributed by atoms with van der Waals surface area (Å²) in [7, 11) is 0. The zero-order chi connectivity index (χ0) is 30.6. The summed E-state index contributed by atoms with van der Waals surface area (Å²) < 4.78 is 1.52. The van der Waals surface area contributed by atoms with Crippen LogP contribution in [-0.4, -0.2) is 17.0 Å². The van der Waals surface area contributed by atoms with Gasteiger partial charge in [0.05, 0.1) is 11.5 Å². The highest BCUT2D eigenvalue weighted by atomic mass is 35.5. The molecule has 0 spiro atoms. The molecule has 2 fully saturated rings. The molecule has 4 unspecified atom stereocenters. The molecule has 2 saturated carbocycles. The Morgan fingerprint density at radius 3 is 1.36 bits per heavy atom. The summed E-state index contributed by atoms with van der Waals surface area (Å²) >= 11 is 11.8. The van der Waals surface area contributed by atoms with Gasteiger partial charge >= 0.3 is 5.97 Å². The van der Waals surface area contributed by atoms with E-state index in [0.717, 1.165) is 22.9 Å². The molecule has 1 N–H and O–H groups in total. The van der Waals surface area contributed by atoms with E-state index in [1.165, 1.54) is 26.9 Å². The first-order valence-electron chi connectivity index (χ1n) is 14.5. The minimum absolute atomic E-state index is 0.243. The van der Waals surface area contributed by atoms with E-state index in [2.05, 4.69) is 29.4 Å². The Morgan fingerprint density at radius 1 is 0.614 bits per heavy atom. The number of carbonyl (C=O) groups is 1. The molecule has 4 aromatic carbocycles. The molecule has 0 radical (unpaired) electrons. The van der Waals surface area contributed by atoms with E-state index >= 15 is 0 Å². The summed E-state index contributed by atoms with van der Waals surface area (Å²) in [6.07, 6.45) is 5.74. The van der Waals surface area contributed by atoms with E-state index in [9.17, 15) is 9.90 Å². The first-order chi connectivity index (χ1) is 21.4. The summed E-state index contributed by atoms with van der Waals surface area (Å²) in [5.41, 5.74) is 6.05. The average Bonchev–Trinajstić information content (AvgIpc) is 3.98. The number of halogens is 2. The second kappa shape index (κ2) is 13.0. The van der Waals surface area contributed by atoms with E-state index in [1.807, 2.05) is 78.9 Å². The van der Waals surface area contributed by atoms with Crippen LogP contribution in [0.1, 0.15) is 74.7 Å². The zero-order valence-corrected chi connectivity index (χ0v) is 25.3. The molecule has 5 nitrogen and oxygen atoms in total. The summed E-state index contributed by atoms with van der Waals surface area (Å²) in [6, 6.07) is 36.6. The molecular weight excluding hydrogens is 591 g/mol. The van der Waals surface area contributed by atoms with Gasteiger partial charge in [-0.2, -0.15) is 0 Å². The lowest BCUT2D eigenvalue weighted by Gasteiger charge is -2.08. The van der Waals surface area contributed by atoms with Crippen LogP contribution in [0.15, 0.2) is 133 Å². The summed E-state index contributed by atoms with van der Waals surface area (Å²) in [4.78, 5) is 10.8. The first kappa shape index (κ1) is 29.6. The molecule has 1 aromatic heterocycles. The standard InChI is InChI=1S/C21H17ClN2O.C16H13ClO2/c22-18-10-8-16(9-11-18)20-14-19(20)15-4-6-17(7-5-15)21(25)23-24-12-2-1-3-13-24;17-13-7-5-11(6-8-13)15-9-14(15)10-1-3-12(4-2-10)16(18)19/h1-13,19-20H,14H2;1-8,14-15H,9H2,(H,18,19). The van der Waals surface area contributed by atoms with Crippen molar-refractivity contribution in [3.05, 3.63) is 171 Å². The number of rotatable bonds is 7. The zero-order valence-electron chi connectivity index (χ0n) is 23.8. The summed E-state index contributed by atoms with van der Waals surface area (Å²) in [5.74, 6) is 0.982. The Labute approximate surface area is 266 Å². The van der Waals surface area contributed by atoms with Gasteiger partial charge in [0.2, 0.25) is 12.4 Å². The van der Waals surface area contributed by atoms with Gasteiger partial charge in [0.1, 0.15) is 0 Å². The second-order valence-corrected chi connectivity index (χ2v) is 12.1. The van der Waals surface area contributed by atoms with Crippen LogP contribution in [0.2, 0.25) is 10.0 Å². The van der Waals surface area contributed by atoms with E-state index in [0.29, 0.717) is 34.8 Å². The van der Waals surface area contributed by atoms with E-state index in [-0.39, 0.29) is 5.90 Å². The first-order valence-corrected chi connectivity index (χ1v) is 15.3. The second-order valence-electron chi connectivity index (χ2n) is 11.2. The van der Waals surface area contributed by atoms with Gasteiger partial charge in [-0.15, -0.1) is 0 Å². The van der Waals surface area contributed by atoms with Gasteiger partial charge in [0.15, 0.2) is 0 Å². The molecule has 0 amide bonds. The Morgan fingerprint density at radius 2 is 0.977 bits per heavy atom. The summed E-state index contributed by atoms with van der Waals surface area (Å²) in [6.45, 7) is 0. The lowest BCUT2D eigenvalue weighted by Crippen LogP contribution is -2.33. The van der Waals surface area contributed by atoms with E-state index < -0.39 is 5.97 Å². The summed E-state index contributed by atoms with van der Waals surface area (Å²) in [5, 5.41) is 26.7. The van der Waals surface area contributed by atoms with Gasteiger partial charge in [-0.05, 0) is 106 Å². The van der Waals surface area contributed by atoms with Gasteiger partial charge < -0.3 is 10.2 Å². The van der Waals surface area contributed by atoms with Crippen LogP contribution in [0.5, 0.6) is 0 Å². The molecule has 0 bridgehead atoms. The van der Waals surface area contributed by atoms with Crippen molar-refractivity contribution in [3.63, 3.8) is 0 Å². The van der Waals surface area contributed by atoms with Crippen LogP contribution < -0.4 is 9.78 Å². The number of carboxylic acids is 1. The Hall–Kier alpha value is -4.45. The average molecular weight is 622 g/mol. The highest BCUT2D eigenvalue weighted by molar-refractivity contribution is 6.30. The minimum Gasteiger partial charge on any atom is -0.854 e. The number of nitrogens with zero attached hydrogens (tertiary/aromatic N) is 2. The minimum atomic E-state index is -0.878. The molecular formula is C37H30Cl2N2O3. The molecule has 44 heavy (non-hydrogen) atoms. The van der Waals surface area contributed by atoms with Gasteiger partial charge in [-0.25, -0.2) is 4.79 Å². The Balaban J connectivity index is 0.000000162. The fourth-order valence-electron chi connectivity index (χ4n) is 5.65. The van der Waals surface area contributed by atoms with Crippen molar-refractivity contribution >= 4 is 35.1 Å². The monoisotopic (exact) mass is 620 g/mol. The maximum atomic E-state index is 12.2. The largest absolute Gasteiger partial charge is 0.854 e. The fourth-order valence-corrected chi connectivity index (χ4v) is 5.90. The van der Waals surface area contributed by atoms with Gasteiger partial charge in [0, 0.05) is 22.2 Å². The molecule has 5 aromatic rings. The van der Waals surface area contributed by atoms with Crippen molar-refractivity contribution in [1.82, 2.24) is 0 Å². The van der Waals surface area contributed by atoms with Crippen molar-refractivity contribution in [1.29, 1.82) is 0 Å². The van der Waals surface area contributed by atoms with Gasteiger partial charge in [-0.1, -0.05) is 94.6 Å². The molecule has 7 heteroatoms. The van der Waals surface area contributed by atoms with Crippen LogP contribution >= 0.6 is 23.2 Å². The number of carboxylic acid groups (broad SMARTS) is 1. The third-order valence-electron chi connectivity index (χ3n) is 8.25. The number of hydrogen-bond acceptors (Lipinski definition) is 3. The molecule has 0 saturated heterocycles. The van der Waals surface area contributed by atoms with Crippen LogP contribution in [0.4, 0.5) is 0 Å². The third-order valence-corrected chi connectivity index (χ3v) is 8.76. The molecule has 220 valence electrons. The van der Waals surface area contributed by atoms with Crippen LogP contribution in [0.25, 0.3) is 0 Å². The highest BCUT2D eigenvalue weighted by Gasteiger charge is 2.40. The molecule has 4 atom stereocenters. The predicted octanol–water partition coefficient (Wildman–Crippen LogP) is 7.78. The van der Waals surface area contributed by atoms with Crippen molar-refractivity contribution in [2.45, 2.75) is 36.5 Å². The van der Waals surface area contributed by atoms with E-state index in [1.54, 1.807) is 24.5 Å². The quantitative estimate of drug-likeness (QED) is 0.115. The number of hydrogen-bond donors (Lipinski definition) is 1. The van der Waals surface area contributed by atoms with Crippen molar-refractivity contribution in [2.75, 3.05) is 0 Å². The smallest absolute Gasteiger partial charge is 0.335 e. The molecule has 0 aliphatic heterocycles. The van der Waals surface area contributed by atoms with Gasteiger partial charge in [-0.3, -0.25) is 0 Å². The Kier molecular flexibility index (Phi) is 8.78. The van der Waals surface area contributed by atoms with Crippen molar-refractivity contribution in [2.24, 2.45) is 5.10 Å². The SMILES string of the molecule is O=C(O)c1ccc(C2CC2c2ccc(Cl)cc2)cc1.[O-]C(=N[n+]1ccccc1)c1ccc(C2CC2c2ccc(Cl)cc2)cc1. The third kappa shape index (κ3) is 7.19. The maximum absolute atomic E-state index is 12.2. The highest BCUT2D eigenvalue weighted by Crippen LogP contribution is 2.55. The van der Waals surface area contributed by atoms with E-state index in [4.69, 9.17) is 28.3 Å². The lowest BCUT2D eigenvalue weighted by atomic mass is 10.0.